The fourth-order valence-corrected chi connectivity index (χ4v) is 4.87. The summed E-state index contributed by atoms with van der Waals surface area (Å²) in [5.74, 6) is 1.37. The molecule has 1 aliphatic carbocycles. The van der Waals surface area contributed by atoms with E-state index in [2.05, 4.69) is 20.8 Å². The Morgan fingerprint density at radius 1 is 1.04 bits per heavy atom. The zero-order chi connectivity index (χ0) is 20.7. The van der Waals surface area contributed by atoms with Crippen LogP contribution in [-0.2, 0) is 19.1 Å². The van der Waals surface area contributed by atoms with Gasteiger partial charge in [0.1, 0.15) is 6.61 Å². The lowest BCUT2D eigenvalue weighted by Gasteiger charge is -2.29. The molecule has 160 valence electrons. The molecule has 2 aliphatic rings. The molecule has 0 N–H and O–H groups in total. The topological polar surface area (TPSA) is 63.7 Å². The molecule has 0 radical (unpaired) electrons. The molecule has 1 aliphatic heterocycles. The Labute approximate surface area is 170 Å². The second-order valence-corrected chi connectivity index (χ2v) is 9.42. The van der Waals surface area contributed by atoms with Gasteiger partial charge < -0.3 is 4.74 Å². The highest BCUT2D eigenvalue weighted by molar-refractivity contribution is 6.05. The first-order valence-electron chi connectivity index (χ1n) is 11.3. The molecule has 2 amide bonds. The number of fused-ring (bicyclic) bond motifs is 1. The molecular formula is C23H39NO4. The van der Waals surface area contributed by atoms with Crippen molar-refractivity contribution < 1.29 is 19.1 Å². The van der Waals surface area contributed by atoms with Gasteiger partial charge in [-0.25, -0.2) is 0 Å². The Kier molecular flexibility index (Phi) is 8.97. The predicted octanol–water partition coefficient (Wildman–Crippen LogP) is 4.58. The summed E-state index contributed by atoms with van der Waals surface area (Å²) < 4.78 is 4.91. The molecule has 4 atom stereocenters. The average molecular weight is 394 g/mol. The lowest BCUT2D eigenvalue weighted by atomic mass is 9.73. The van der Waals surface area contributed by atoms with E-state index in [0.29, 0.717) is 5.92 Å². The molecule has 0 aromatic carbocycles. The Morgan fingerprint density at radius 2 is 1.71 bits per heavy atom. The third-order valence-corrected chi connectivity index (χ3v) is 6.53. The Morgan fingerprint density at radius 3 is 2.39 bits per heavy atom. The number of ether oxygens (including phenoxy) is 1. The largest absolute Gasteiger partial charge is 0.464 e. The highest BCUT2D eigenvalue weighted by atomic mass is 16.5. The van der Waals surface area contributed by atoms with Gasteiger partial charge in [0.15, 0.2) is 0 Å². The molecule has 0 aromatic heterocycles. The van der Waals surface area contributed by atoms with Gasteiger partial charge in [0.2, 0.25) is 11.8 Å². The monoisotopic (exact) mass is 393 g/mol. The smallest absolute Gasteiger partial charge is 0.302 e. The van der Waals surface area contributed by atoms with E-state index in [9.17, 15) is 14.4 Å². The molecule has 2 rings (SSSR count). The van der Waals surface area contributed by atoms with E-state index < -0.39 is 0 Å². The Bertz CT molecular complexity index is 545. The van der Waals surface area contributed by atoms with Gasteiger partial charge in [-0.1, -0.05) is 59.3 Å². The summed E-state index contributed by atoms with van der Waals surface area (Å²) in [5.41, 5.74) is 0. The summed E-state index contributed by atoms with van der Waals surface area (Å²) in [6.07, 6.45) is 10.4. The molecule has 1 saturated carbocycles. The second kappa shape index (κ2) is 11.0. The molecular weight excluding hydrogens is 354 g/mol. The van der Waals surface area contributed by atoms with Gasteiger partial charge in [0.05, 0.1) is 18.4 Å². The zero-order valence-electron chi connectivity index (χ0n) is 18.2. The van der Waals surface area contributed by atoms with Gasteiger partial charge in [-0.05, 0) is 37.0 Å². The van der Waals surface area contributed by atoms with Crippen molar-refractivity contribution in [2.45, 2.75) is 85.5 Å². The number of nitrogens with zero attached hydrogens (tertiary/aromatic N) is 1. The standard InChI is InChI=1S/C23H39NO4/c1-16(2)7-5-8-17(3)9-6-10-19-11-12-20-21(15-19)23(27)24(22(20)26)13-14-28-18(4)25/h16-17,19-21H,5-15H2,1-4H3. The van der Waals surface area contributed by atoms with Gasteiger partial charge in [-0.3, -0.25) is 19.3 Å². The van der Waals surface area contributed by atoms with Crippen LogP contribution in [0.4, 0.5) is 0 Å². The third-order valence-electron chi connectivity index (χ3n) is 6.53. The summed E-state index contributed by atoms with van der Waals surface area (Å²) in [6, 6.07) is 0. The molecule has 0 spiro atoms. The lowest BCUT2D eigenvalue weighted by molar-refractivity contribution is -0.147. The number of esters is 1. The highest BCUT2D eigenvalue weighted by Crippen LogP contribution is 2.42. The molecule has 1 heterocycles. The highest BCUT2D eigenvalue weighted by Gasteiger charge is 2.49. The average Bonchev–Trinajstić information content (AvgIpc) is 2.85. The zero-order valence-corrected chi connectivity index (χ0v) is 18.2. The van der Waals surface area contributed by atoms with E-state index in [1.807, 2.05) is 0 Å². The fraction of sp³-hybridized carbons (Fsp3) is 0.870. The first kappa shape index (κ1) is 22.9. The molecule has 5 heteroatoms. The molecule has 28 heavy (non-hydrogen) atoms. The van der Waals surface area contributed by atoms with Crippen molar-refractivity contribution in [2.24, 2.45) is 29.6 Å². The van der Waals surface area contributed by atoms with Gasteiger partial charge in [-0.15, -0.1) is 0 Å². The van der Waals surface area contributed by atoms with Crippen molar-refractivity contribution >= 4 is 17.8 Å². The van der Waals surface area contributed by atoms with E-state index >= 15 is 0 Å². The van der Waals surface area contributed by atoms with Crippen LogP contribution in [-0.4, -0.2) is 35.8 Å². The number of hydrogen-bond donors (Lipinski definition) is 0. The molecule has 4 unspecified atom stereocenters. The number of rotatable bonds is 11. The summed E-state index contributed by atoms with van der Waals surface area (Å²) in [5, 5.41) is 0. The van der Waals surface area contributed by atoms with Crippen LogP contribution in [0.15, 0.2) is 0 Å². The van der Waals surface area contributed by atoms with Crippen molar-refractivity contribution in [3.63, 3.8) is 0 Å². The number of likely N-dealkylation sites (tertiary alicyclic amines) is 1. The van der Waals surface area contributed by atoms with Gasteiger partial charge in [0.25, 0.3) is 0 Å². The molecule has 0 aromatic rings. The maximum atomic E-state index is 12.7. The Hall–Kier alpha value is -1.39. The lowest BCUT2D eigenvalue weighted by Crippen LogP contribution is -2.34. The van der Waals surface area contributed by atoms with Crippen LogP contribution in [0.3, 0.4) is 0 Å². The summed E-state index contributed by atoms with van der Waals surface area (Å²) in [4.78, 5) is 37.5. The van der Waals surface area contributed by atoms with Crippen LogP contribution in [0.5, 0.6) is 0 Å². The summed E-state index contributed by atoms with van der Waals surface area (Å²) in [7, 11) is 0. The number of carbonyl (C=O) groups excluding carboxylic acids is 3. The van der Waals surface area contributed by atoms with Gasteiger partial charge in [-0.2, -0.15) is 0 Å². The molecule has 0 bridgehead atoms. The fourth-order valence-electron chi connectivity index (χ4n) is 4.87. The van der Waals surface area contributed by atoms with Crippen LogP contribution >= 0.6 is 0 Å². The maximum Gasteiger partial charge on any atom is 0.302 e. The van der Waals surface area contributed by atoms with E-state index in [1.165, 1.54) is 50.3 Å². The molecule has 5 nitrogen and oxygen atoms in total. The molecule has 2 fully saturated rings. The van der Waals surface area contributed by atoms with Crippen molar-refractivity contribution in [3.05, 3.63) is 0 Å². The minimum atomic E-state index is -0.380. The number of carbonyl (C=O) groups is 3. The van der Waals surface area contributed by atoms with Crippen LogP contribution < -0.4 is 0 Å². The third kappa shape index (κ3) is 6.59. The SMILES string of the molecule is CC(=O)OCCN1C(=O)C2CCC(CCCC(C)CCCC(C)C)CC2C1=O. The van der Waals surface area contributed by atoms with Crippen molar-refractivity contribution in [3.8, 4) is 0 Å². The second-order valence-electron chi connectivity index (χ2n) is 9.42. The number of hydrogen-bond acceptors (Lipinski definition) is 4. The maximum absolute atomic E-state index is 12.7. The number of amides is 2. The van der Waals surface area contributed by atoms with Gasteiger partial charge >= 0.3 is 5.97 Å². The number of imide groups is 1. The summed E-state index contributed by atoms with van der Waals surface area (Å²) >= 11 is 0. The van der Waals surface area contributed by atoms with E-state index in [0.717, 1.165) is 31.1 Å². The molecule has 1 saturated heterocycles. The summed E-state index contributed by atoms with van der Waals surface area (Å²) in [6.45, 7) is 8.56. The first-order chi connectivity index (χ1) is 13.3. The van der Waals surface area contributed by atoms with Gasteiger partial charge in [0, 0.05) is 6.92 Å². The van der Waals surface area contributed by atoms with Crippen LogP contribution in [0.2, 0.25) is 0 Å². The Balaban J connectivity index is 1.72. The predicted molar refractivity (Wildman–Crippen MR) is 109 cm³/mol. The van der Waals surface area contributed by atoms with Crippen molar-refractivity contribution in [1.82, 2.24) is 4.90 Å². The van der Waals surface area contributed by atoms with Crippen molar-refractivity contribution in [1.29, 1.82) is 0 Å². The normalized spacial score (nSPS) is 25.9. The van der Waals surface area contributed by atoms with Crippen LogP contribution in [0.1, 0.15) is 85.5 Å². The minimum absolute atomic E-state index is 0.0473. The van der Waals surface area contributed by atoms with Crippen molar-refractivity contribution in [2.75, 3.05) is 13.2 Å². The van der Waals surface area contributed by atoms with E-state index in [1.54, 1.807) is 0 Å². The van der Waals surface area contributed by atoms with E-state index in [-0.39, 0.29) is 42.8 Å². The van der Waals surface area contributed by atoms with Crippen LogP contribution in [0, 0.1) is 29.6 Å². The minimum Gasteiger partial charge on any atom is -0.464 e. The van der Waals surface area contributed by atoms with E-state index in [4.69, 9.17) is 4.74 Å². The first-order valence-corrected chi connectivity index (χ1v) is 11.3. The van der Waals surface area contributed by atoms with Crippen LogP contribution in [0.25, 0.3) is 0 Å². The quantitative estimate of drug-likeness (QED) is 0.381.